The molecule has 38 heavy (non-hydrogen) atoms. The molecule has 0 aromatic carbocycles. The first kappa shape index (κ1) is 30.2. The molecule has 4 saturated carbocycles. The summed E-state index contributed by atoms with van der Waals surface area (Å²) in [6.45, 7) is 12.7. The fourth-order valence-corrected chi connectivity index (χ4v) is 10.4. The van der Waals surface area contributed by atoms with Crippen LogP contribution in [0.1, 0.15) is 144 Å². The van der Waals surface area contributed by atoms with Crippen LogP contribution < -0.4 is 5.32 Å². The predicted molar refractivity (Wildman–Crippen MR) is 157 cm³/mol. The van der Waals surface area contributed by atoms with Gasteiger partial charge in [-0.05, 0) is 111 Å². The van der Waals surface area contributed by atoms with E-state index in [4.69, 9.17) is 4.74 Å². The number of carbonyl (C=O) groups is 1. The van der Waals surface area contributed by atoms with Crippen molar-refractivity contribution in [3.63, 3.8) is 0 Å². The maximum Gasteiger partial charge on any atom is 0.409 e. The molecule has 0 heterocycles. The summed E-state index contributed by atoms with van der Waals surface area (Å²) in [5.41, 5.74) is 1.17. The van der Waals surface area contributed by atoms with E-state index in [0.29, 0.717) is 17.4 Å². The molecule has 4 rings (SSSR count). The third-order valence-electron chi connectivity index (χ3n) is 12.7. The van der Waals surface area contributed by atoms with Crippen molar-refractivity contribution in [2.75, 3.05) is 6.54 Å². The molecule has 0 aromatic heterocycles. The van der Waals surface area contributed by atoms with Gasteiger partial charge in [0.05, 0.1) is 0 Å². The Balaban J connectivity index is 1.21. The molecule has 0 aromatic rings. The molecule has 0 bridgehead atoms. The molecule has 1 amide bonds. The van der Waals surface area contributed by atoms with Crippen LogP contribution in [-0.2, 0) is 4.74 Å². The van der Waals surface area contributed by atoms with Crippen molar-refractivity contribution >= 4 is 6.09 Å². The number of hydrogen-bond donors (Lipinski definition) is 2. The monoisotopic (exact) mass is 531 g/mol. The Morgan fingerprint density at radius 2 is 1.68 bits per heavy atom. The molecule has 4 fully saturated rings. The number of aliphatic hydroxyl groups excluding tert-OH is 1. The van der Waals surface area contributed by atoms with Crippen molar-refractivity contribution in [1.29, 1.82) is 0 Å². The highest BCUT2D eigenvalue weighted by atomic mass is 16.6. The minimum Gasteiger partial charge on any atom is -0.420 e. The van der Waals surface area contributed by atoms with Gasteiger partial charge in [0.1, 0.15) is 0 Å². The van der Waals surface area contributed by atoms with E-state index < -0.39 is 12.4 Å². The number of nitrogens with one attached hydrogen (secondary N) is 1. The van der Waals surface area contributed by atoms with E-state index in [0.717, 1.165) is 61.2 Å². The Bertz CT molecular complexity index is 756. The Hall–Kier alpha value is -0.770. The van der Waals surface area contributed by atoms with Crippen molar-refractivity contribution in [1.82, 2.24) is 5.32 Å². The highest BCUT2D eigenvalue weighted by molar-refractivity contribution is 5.67. The number of hydrogen-bond acceptors (Lipinski definition) is 3. The number of rotatable bonds is 12. The van der Waals surface area contributed by atoms with Crippen molar-refractivity contribution in [3.8, 4) is 0 Å². The average molecular weight is 532 g/mol. The fourth-order valence-electron chi connectivity index (χ4n) is 10.4. The number of ether oxygens (including phenoxy) is 1. The highest BCUT2D eigenvalue weighted by Crippen LogP contribution is 2.68. The third-order valence-corrected chi connectivity index (χ3v) is 12.7. The number of amides is 1. The van der Waals surface area contributed by atoms with Crippen LogP contribution in [0.4, 0.5) is 4.79 Å². The molecule has 0 radical (unpaired) electrons. The molecule has 0 saturated heterocycles. The van der Waals surface area contributed by atoms with Crippen LogP contribution in [-0.4, -0.2) is 24.0 Å². The number of alkyl carbamates (subject to hydrolysis) is 1. The van der Waals surface area contributed by atoms with Crippen LogP contribution in [0.5, 0.6) is 0 Å². The summed E-state index contributed by atoms with van der Waals surface area (Å²) in [5.74, 6) is 5.49. The number of fused-ring (bicyclic) bond motifs is 5. The van der Waals surface area contributed by atoms with Crippen LogP contribution in [0, 0.1) is 52.3 Å². The predicted octanol–water partition coefficient (Wildman–Crippen LogP) is 9.10. The molecular weight excluding hydrogens is 470 g/mol. The first-order valence-electron chi connectivity index (χ1n) is 16.8. The van der Waals surface area contributed by atoms with Gasteiger partial charge < -0.3 is 15.2 Å². The maximum absolute atomic E-state index is 12.0. The van der Waals surface area contributed by atoms with Crippen molar-refractivity contribution in [3.05, 3.63) is 0 Å². The van der Waals surface area contributed by atoms with E-state index in [1.807, 2.05) is 6.92 Å². The SMILES string of the molecule is CCCCCCNC(=O)OC(O)C(C)CCC[C@@H](C)[C@H]1CC[C@H]2[C@@H]3CCC4CCCC[C@]4(C)[C@H]3CC[C@]12C. The van der Waals surface area contributed by atoms with Gasteiger partial charge >= 0.3 is 6.09 Å². The molecule has 4 aliphatic rings. The number of unbranched alkanes of at least 4 members (excludes halogenated alkanes) is 3. The third kappa shape index (κ3) is 6.41. The second-order valence-corrected chi connectivity index (χ2v) is 14.8. The summed E-state index contributed by atoms with van der Waals surface area (Å²) in [6.07, 6.45) is 21.0. The van der Waals surface area contributed by atoms with Crippen LogP contribution in [0.15, 0.2) is 0 Å². The lowest BCUT2D eigenvalue weighted by Gasteiger charge is -2.61. The van der Waals surface area contributed by atoms with Gasteiger partial charge in [0.15, 0.2) is 0 Å². The van der Waals surface area contributed by atoms with Crippen molar-refractivity contribution < 1.29 is 14.6 Å². The average Bonchev–Trinajstić information content (AvgIpc) is 3.25. The Morgan fingerprint density at radius 1 is 0.895 bits per heavy atom. The van der Waals surface area contributed by atoms with Gasteiger partial charge in [-0.25, -0.2) is 4.79 Å². The summed E-state index contributed by atoms with van der Waals surface area (Å²) in [4.78, 5) is 12.0. The lowest BCUT2D eigenvalue weighted by atomic mass is 9.44. The second-order valence-electron chi connectivity index (χ2n) is 14.8. The molecule has 0 spiro atoms. The molecule has 220 valence electrons. The van der Waals surface area contributed by atoms with E-state index in [1.54, 1.807) is 0 Å². The first-order chi connectivity index (χ1) is 18.2. The topological polar surface area (TPSA) is 58.6 Å². The summed E-state index contributed by atoms with van der Waals surface area (Å²) >= 11 is 0. The Morgan fingerprint density at radius 3 is 2.47 bits per heavy atom. The van der Waals surface area contributed by atoms with E-state index in [1.165, 1.54) is 83.5 Å². The van der Waals surface area contributed by atoms with Gasteiger partial charge in [-0.2, -0.15) is 0 Å². The van der Waals surface area contributed by atoms with E-state index in [2.05, 4.69) is 33.0 Å². The van der Waals surface area contributed by atoms with Crippen LogP contribution in [0.25, 0.3) is 0 Å². The molecule has 10 atom stereocenters. The zero-order valence-corrected chi connectivity index (χ0v) is 25.6. The smallest absolute Gasteiger partial charge is 0.409 e. The molecule has 3 unspecified atom stereocenters. The molecule has 4 nitrogen and oxygen atoms in total. The van der Waals surface area contributed by atoms with Crippen LogP contribution >= 0.6 is 0 Å². The minimum atomic E-state index is -1.01. The number of aliphatic hydroxyl groups is 1. The lowest BCUT2D eigenvalue weighted by molar-refractivity contribution is -0.114. The lowest BCUT2D eigenvalue weighted by Crippen LogP contribution is -2.53. The molecule has 4 aliphatic carbocycles. The first-order valence-corrected chi connectivity index (χ1v) is 16.8. The van der Waals surface area contributed by atoms with Crippen LogP contribution in [0.2, 0.25) is 0 Å². The van der Waals surface area contributed by atoms with Crippen molar-refractivity contribution in [2.45, 2.75) is 150 Å². The quantitative estimate of drug-likeness (QED) is 0.195. The van der Waals surface area contributed by atoms with Crippen molar-refractivity contribution in [2.24, 2.45) is 52.3 Å². The van der Waals surface area contributed by atoms with Gasteiger partial charge in [-0.3, -0.25) is 0 Å². The summed E-state index contributed by atoms with van der Waals surface area (Å²) in [6, 6.07) is 0. The summed E-state index contributed by atoms with van der Waals surface area (Å²) in [5, 5.41) is 13.2. The van der Waals surface area contributed by atoms with Crippen LogP contribution in [0.3, 0.4) is 0 Å². The second kappa shape index (κ2) is 13.3. The van der Waals surface area contributed by atoms with Gasteiger partial charge in [0, 0.05) is 12.5 Å². The summed E-state index contributed by atoms with van der Waals surface area (Å²) < 4.78 is 5.26. The van der Waals surface area contributed by atoms with Gasteiger partial charge in [0.2, 0.25) is 6.29 Å². The molecule has 0 aliphatic heterocycles. The van der Waals surface area contributed by atoms with Gasteiger partial charge in [-0.15, -0.1) is 0 Å². The zero-order valence-electron chi connectivity index (χ0n) is 25.6. The van der Waals surface area contributed by atoms with E-state index in [-0.39, 0.29) is 5.92 Å². The highest BCUT2D eigenvalue weighted by Gasteiger charge is 2.60. The minimum absolute atomic E-state index is 0.0261. The van der Waals surface area contributed by atoms with E-state index >= 15 is 0 Å². The standard InChI is InChI=1S/C34H61NO3/c1-6-7-8-11-23-35-32(37)38-31(36)25(3)14-12-13-24(2)28-18-19-29-27-17-16-26-15-9-10-21-33(26,4)30(27)20-22-34(28,29)5/h24-31,36H,6-23H2,1-5H3,(H,35,37)/t24-,25?,26?,27+,28-,29+,30+,31?,33+,34-/m1/s1. The fraction of sp³-hybridized carbons (Fsp3) is 0.971. The van der Waals surface area contributed by atoms with Gasteiger partial charge in [-0.1, -0.05) is 79.6 Å². The maximum atomic E-state index is 12.0. The molecule has 2 N–H and O–H groups in total. The van der Waals surface area contributed by atoms with Gasteiger partial charge in [0.25, 0.3) is 0 Å². The molecular formula is C34H61NO3. The summed E-state index contributed by atoms with van der Waals surface area (Å²) in [7, 11) is 0. The normalized spacial score (nSPS) is 38.8. The zero-order chi connectivity index (χ0) is 27.3. The molecule has 4 heteroatoms. The Kier molecular flexibility index (Phi) is 10.5. The largest absolute Gasteiger partial charge is 0.420 e. The Labute approximate surface area is 234 Å². The number of carbonyl (C=O) groups excluding carboxylic acids is 1. The van der Waals surface area contributed by atoms with E-state index in [9.17, 15) is 9.90 Å².